The Morgan fingerprint density at radius 3 is 2.55 bits per heavy atom. The smallest absolute Gasteiger partial charge is 0.230 e. The molecule has 1 amide bonds. The van der Waals surface area contributed by atoms with Gasteiger partial charge in [-0.2, -0.15) is 0 Å². The summed E-state index contributed by atoms with van der Waals surface area (Å²) >= 11 is 0. The van der Waals surface area contributed by atoms with Crippen molar-refractivity contribution in [2.24, 2.45) is 5.41 Å². The van der Waals surface area contributed by atoms with E-state index in [0.717, 1.165) is 18.5 Å². The number of nitrogens with zero attached hydrogens (tertiary/aromatic N) is 1. The third-order valence-electron chi connectivity index (χ3n) is 4.37. The molecule has 1 N–H and O–H groups in total. The van der Waals surface area contributed by atoms with Crippen LogP contribution in [0.15, 0.2) is 54.9 Å². The van der Waals surface area contributed by atoms with E-state index < -0.39 is 5.41 Å². The molecule has 2 aromatic rings. The molecule has 0 bridgehead atoms. The third-order valence-corrected chi connectivity index (χ3v) is 4.37. The maximum Gasteiger partial charge on any atom is 0.230 e. The van der Waals surface area contributed by atoms with Crippen molar-refractivity contribution in [1.29, 1.82) is 0 Å². The summed E-state index contributed by atoms with van der Waals surface area (Å²) in [4.78, 5) is 16.7. The Morgan fingerprint density at radius 2 is 1.95 bits per heavy atom. The summed E-state index contributed by atoms with van der Waals surface area (Å²) in [5.74, 6) is 0.400. The first kappa shape index (κ1) is 16.2. The molecular weight excluding hydrogens is 272 g/mol. The number of hydrogen-bond donors (Lipinski definition) is 1. The molecule has 1 aromatic carbocycles. The summed E-state index contributed by atoms with van der Waals surface area (Å²) in [7, 11) is 0. The van der Waals surface area contributed by atoms with Crippen molar-refractivity contribution in [3.05, 3.63) is 60.4 Å². The lowest BCUT2D eigenvalue weighted by Gasteiger charge is -2.30. The molecule has 0 saturated heterocycles. The zero-order valence-electron chi connectivity index (χ0n) is 13.5. The van der Waals surface area contributed by atoms with E-state index in [1.165, 1.54) is 5.56 Å². The summed E-state index contributed by atoms with van der Waals surface area (Å²) in [5.41, 5.74) is 1.63. The lowest BCUT2D eigenvalue weighted by atomic mass is 9.76. The fourth-order valence-corrected chi connectivity index (χ4v) is 2.69. The number of hydrogen-bond acceptors (Lipinski definition) is 2. The maximum atomic E-state index is 12.7. The van der Waals surface area contributed by atoms with Gasteiger partial charge in [-0.3, -0.25) is 9.78 Å². The van der Waals surface area contributed by atoms with Crippen LogP contribution in [0.4, 0.5) is 5.69 Å². The van der Waals surface area contributed by atoms with Gasteiger partial charge in [-0.25, -0.2) is 0 Å². The standard InChI is InChI=1S/C19H24N2O/c1-4-19(3,13-15(2)16-9-6-5-7-10-16)18(22)21-17-11-8-12-20-14-17/h5-12,14-15H,4,13H2,1-3H3,(H,21,22). The normalized spacial score (nSPS) is 14.9. The van der Waals surface area contributed by atoms with Gasteiger partial charge in [0.05, 0.1) is 11.9 Å². The number of aromatic nitrogens is 1. The molecular formula is C19H24N2O. The molecule has 0 saturated carbocycles. The number of carbonyl (C=O) groups is 1. The van der Waals surface area contributed by atoms with Crippen LogP contribution in [0, 0.1) is 5.41 Å². The lowest BCUT2D eigenvalue weighted by molar-refractivity contribution is -0.125. The van der Waals surface area contributed by atoms with Gasteiger partial charge in [0.25, 0.3) is 0 Å². The van der Waals surface area contributed by atoms with Crippen LogP contribution in [0.2, 0.25) is 0 Å². The second kappa shape index (κ2) is 7.21. The van der Waals surface area contributed by atoms with Crippen LogP contribution >= 0.6 is 0 Å². The lowest BCUT2D eigenvalue weighted by Crippen LogP contribution is -2.34. The molecule has 22 heavy (non-hydrogen) atoms. The van der Waals surface area contributed by atoms with Gasteiger partial charge in [0.1, 0.15) is 0 Å². The minimum atomic E-state index is -0.398. The predicted octanol–water partition coefficient (Wildman–Crippen LogP) is 4.63. The van der Waals surface area contributed by atoms with Crippen molar-refractivity contribution in [1.82, 2.24) is 4.98 Å². The van der Waals surface area contributed by atoms with E-state index in [4.69, 9.17) is 0 Å². The van der Waals surface area contributed by atoms with Gasteiger partial charge < -0.3 is 5.32 Å². The molecule has 2 unspecified atom stereocenters. The largest absolute Gasteiger partial charge is 0.324 e. The molecule has 116 valence electrons. The van der Waals surface area contributed by atoms with Gasteiger partial charge in [-0.15, -0.1) is 0 Å². The number of amides is 1. The van der Waals surface area contributed by atoms with Crippen molar-refractivity contribution in [3.63, 3.8) is 0 Å². The molecule has 0 spiro atoms. The number of rotatable bonds is 6. The summed E-state index contributed by atoms with van der Waals surface area (Å²) in [6.07, 6.45) is 5.00. The molecule has 1 aromatic heterocycles. The number of nitrogens with one attached hydrogen (secondary N) is 1. The molecule has 2 rings (SSSR count). The molecule has 1 heterocycles. The first-order valence-electron chi connectivity index (χ1n) is 7.81. The molecule has 0 aliphatic carbocycles. The van der Waals surface area contributed by atoms with Crippen molar-refractivity contribution in [2.75, 3.05) is 5.32 Å². The van der Waals surface area contributed by atoms with Gasteiger partial charge >= 0.3 is 0 Å². The van der Waals surface area contributed by atoms with Gasteiger partial charge in [0.15, 0.2) is 0 Å². The predicted molar refractivity (Wildman–Crippen MR) is 90.7 cm³/mol. The van der Waals surface area contributed by atoms with Crippen LogP contribution in [0.5, 0.6) is 0 Å². The fraction of sp³-hybridized carbons (Fsp3) is 0.368. The Kier molecular flexibility index (Phi) is 5.31. The van der Waals surface area contributed by atoms with Crippen molar-refractivity contribution < 1.29 is 4.79 Å². The quantitative estimate of drug-likeness (QED) is 0.844. The number of benzene rings is 1. The average molecular weight is 296 g/mol. The zero-order valence-corrected chi connectivity index (χ0v) is 13.5. The first-order valence-corrected chi connectivity index (χ1v) is 7.81. The molecule has 0 radical (unpaired) electrons. The summed E-state index contributed by atoms with van der Waals surface area (Å²) in [5, 5.41) is 2.99. The van der Waals surface area contributed by atoms with Crippen LogP contribution < -0.4 is 5.32 Å². The Labute approximate surface area is 132 Å². The molecule has 0 fully saturated rings. The molecule has 0 aliphatic rings. The molecule has 0 aliphatic heterocycles. The third kappa shape index (κ3) is 3.94. The summed E-state index contributed by atoms with van der Waals surface area (Å²) < 4.78 is 0. The summed E-state index contributed by atoms with van der Waals surface area (Å²) in [6.45, 7) is 6.29. The monoisotopic (exact) mass is 296 g/mol. The maximum absolute atomic E-state index is 12.7. The van der Waals surface area contributed by atoms with Gasteiger partial charge in [-0.1, -0.05) is 51.1 Å². The van der Waals surface area contributed by atoms with Crippen LogP contribution in [-0.4, -0.2) is 10.9 Å². The Bertz CT molecular complexity index is 597. The van der Waals surface area contributed by atoms with E-state index in [1.807, 2.05) is 37.3 Å². The van der Waals surface area contributed by atoms with Crippen molar-refractivity contribution in [3.8, 4) is 0 Å². The van der Waals surface area contributed by atoms with E-state index in [9.17, 15) is 4.79 Å². The van der Waals surface area contributed by atoms with Crippen LogP contribution in [0.3, 0.4) is 0 Å². The topological polar surface area (TPSA) is 42.0 Å². The highest BCUT2D eigenvalue weighted by atomic mass is 16.2. The number of pyridine rings is 1. The molecule has 3 heteroatoms. The molecule has 3 nitrogen and oxygen atoms in total. The van der Waals surface area contributed by atoms with Gasteiger partial charge in [0.2, 0.25) is 5.91 Å². The summed E-state index contributed by atoms with van der Waals surface area (Å²) in [6, 6.07) is 14.0. The Hall–Kier alpha value is -2.16. The van der Waals surface area contributed by atoms with Gasteiger partial charge in [-0.05, 0) is 36.5 Å². The minimum absolute atomic E-state index is 0.0609. The molecule has 2 atom stereocenters. The van der Waals surface area contributed by atoms with Crippen LogP contribution in [0.25, 0.3) is 0 Å². The van der Waals surface area contributed by atoms with E-state index >= 15 is 0 Å². The van der Waals surface area contributed by atoms with Crippen LogP contribution in [0.1, 0.15) is 45.1 Å². The van der Waals surface area contributed by atoms with E-state index in [-0.39, 0.29) is 5.91 Å². The number of anilines is 1. The Morgan fingerprint density at radius 1 is 1.23 bits per heavy atom. The highest BCUT2D eigenvalue weighted by Gasteiger charge is 2.33. The SMILES string of the molecule is CCC(C)(CC(C)c1ccccc1)C(=O)Nc1cccnc1. The van der Waals surface area contributed by atoms with E-state index in [0.29, 0.717) is 5.92 Å². The first-order chi connectivity index (χ1) is 10.5. The average Bonchev–Trinajstić information content (AvgIpc) is 2.56. The van der Waals surface area contributed by atoms with Crippen molar-refractivity contribution in [2.45, 2.75) is 39.5 Å². The highest BCUT2D eigenvalue weighted by Crippen LogP contribution is 2.35. The van der Waals surface area contributed by atoms with E-state index in [1.54, 1.807) is 12.4 Å². The second-order valence-electron chi connectivity index (χ2n) is 6.13. The van der Waals surface area contributed by atoms with E-state index in [2.05, 4.69) is 36.3 Å². The minimum Gasteiger partial charge on any atom is -0.324 e. The number of carbonyl (C=O) groups excluding carboxylic acids is 1. The Balaban J connectivity index is 2.09. The fourth-order valence-electron chi connectivity index (χ4n) is 2.69. The zero-order chi connectivity index (χ0) is 16.0. The highest BCUT2D eigenvalue weighted by molar-refractivity contribution is 5.94. The van der Waals surface area contributed by atoms with Crippen molar-refractivity contribution >= 4 is 11.6 Å². The second-order valence-corrected chi connectivity index (χ2v) is 6.13. The van der Waals surface area contributed by atoms with Crippen LogP contribution in [-0.2, 0) is 4.79 Å². The van der Waals surface area contributed by atoms with Gasteiger partial charge in [0, 0.05) is 11.6 Å².